The minimum Gasteiger partial charge on any atom is -0.490 e. The highest BCUT2D eigenvalue weighted by Crippen LogP contribution is 2.35. The second-order valence-corrected chi connectivity index (χ2v) is 6.92. The first kappa shape index (κ1) is 14.7. The average molecular weight is 289 g/mol. The van der Waals surface area contributed by atoms with Crippen LogP contribution in [0.4, 0.5) is 0 Å². The number of benzene rings is 1. The highest BCUT2D eigenvalue weighted by molar-refractivity contribution is 5.44. The van der Waals surface area contributed by atoms with Crippen LogP contribution in [0, 0.1) is 5.92 Å². The van der Waals surface area contributed by atoms with Gasteiger partial charge in [-0.25, -0.2) is 0 Å². The normalized spacial score (nSPS) is 25.1. The zero-order valence-corrected chi connectivity index (χ0v) is 13.3. The second-order valence-electron chi connectivity index (χ2n) is 6.92. The second kappa shape index (κ2) is 6.27. The molecule has 1 aromatic carbocycles. The number of hydrogen-bond acceptors (Lipinski definition) is 3. The van der Waals surface area contributed by atoms with E-state index in [0.717, 1.165) is 50.0 Å². The first-order valence-electron chi connectivity index (χ1n) is 8.30. The predicted octanol–water partition coefficient (Wildman–Crippen LogP) is 3.56. The summed E-state index contributed by atoms with van der Waals surface area (Å²) in [4.78, 5) is 0. The maximum absolute atomic E-state index is 5.82. The van der Waals surface area contributed by atoms with Gasteiger partial charge in [0.1, 0.15) is 0 Å². The van der Waals surface area contributed by atoms with Crippen molar-refractivity contribution in [3.63, 3.8) is 0 Å². The molecule has 1 fully saturated rings. The Morgan fingerprint density at radius 1 is 1.14 bits per heavy atom. The van der Waals surface area contributed by atoms with Gasteiger partial charge in [-0.1, -0.05) is 19.9 Å². The van der Waals surface area contributed by atoms with Gasteiger partial charge >= 0.3 is 0 Å². The SMILES string of the molecule is CC(C)CC1(Cc2ccc3c(c2)OCCCO3)CCCN1. The molecule has 0 aliphatic carbocycles. The van der Waals surface area contributed by atoms with Crippen LogP contribution in [0.15, 0.2) is 18.2 Å². The molecule has 1 saturated heterocycles. The van der Waals surface area contributed by atoms with Crippen LogP contribution in [0.2, 0.25) is 0 Å². The van der Waals surface area contributed by atoms with E-state index in [9.17, 15) is 0 Å². The molecule has 2 aliphatic heterocycles. The molecule has 0 amide bonds. The van der Waals surface area contributed by atoms with Crippen molar-refractivity contribution in [2.75, 3.05) is 19.8 Å². The summed E-state index contributed by atoms with van der Waals surface area (Å²) in [6.45, 7) is 7.29. The van der Waals surface area contributed by atoms with Crippen molar-refractivity contribution in [1.82, 2.24) is 5.32 Å². The largest absolute Gasteiger partial charge is 0.490 e. The fraction of sp³-hybridized carbons (Fsp3) is 0.667. The highest BCUT2D eigenvalue weighted by Gasteiger charge is 2.34. The summed E-state index contributed by atoms with van der Waals surface area (Å²) in [7, 11) is 0. The van der Waals surface area contributed by atoms with Crippen molar-refractivity contribution in [2.24, 2.45) is 5.92 Å². The summed E-state index contributed by atoms with van der Waals surface area (Å²) in [5.74, 6) is 2.53. The molecule has 0 radical (unpaired) electrons. The van der Waals surface area contributed by atoms with E-state index >= 15 is 0 Å². The van der Waals surface area contributed by atoms with Gasteiger partial charge in [0, 0.05) is 12.0 Å². The van der Waals surface area contributed by atoms with Gasteiger partial charge in [-0.05, 0) is 55.8 Å². The first-order chi connectivity index (χ1) is 10.2. The highest BCUT2D eigenvalue weighted by atomic mass is 16.5. The lowest BCUT2D eigenvalue weighted by Crippen LogP contribution is -2.43. The lowest BCUT2D eigenvalue weighted by Gasteiger charge is -2.32. The molecule has 1 aromatic rings. The lowest BCUT2D eigenvalue weighted by atomic mass is 9.82. The molecule has 3 rings (SSSR count). The predicted molar refractivity (Wildman–Crippen MR) is 85.2 cm³/mol. The van der Waals surface area contributed by atoms with Crippen molar-refractivity contribution in [3.8, 4) is 11.5 Å². The van der Waals surface area contributed by atoms with Crippen molar-refractivity contribution in [3.05, 3.63) is 23.8 Å². The molecular formula is C18H27NO2. The fourth-order valence-corrected chi connectivity index (χ4v) is 3.76. The lowest BCUT2D eigenvalue weighted by molar-refractivity contribution is 0.296. The Morgan fingerprint density at radius 2 is 1.95 bits per heavy atom. The minimum absolute atomic E-state index is 0.272. The third kappa shape index (κ3) is 3.52. The van der Waals surface area contributed by atoms with Gasteiger partial charge in [0.05, 0.1) is 13.2 Å². The third-order valence-electron chi connectivity index (χ3n) is 4.49. The molecule has 21 heavy (non-hydrogen) atoms. The number of hydrogen-bond donors (Lipinski definition) is 1. The van der Waals surface area contributed by atoms with Crippen LogP contribution >= 0.6 is 0 Å². The van der Waals surface area contributed by atoms with Gasteiger partial charge in [-0.3, -0.25) is 0 Å². The smallest absolute Gasteiger partial charge is 0.161 e. The Kier molecular flexibility index (Phi) is 4.39. The van der Waals surface area contributed by atoms with Gasteiger partial charge < -0.3 is 14.8 Å². The molecule has 2 heterocycles. The molecule has 0 spiro atoms. The van der Waals surface area contributed by atoms with E-state index in [1.807, 2.05) is 0 Å². The summed E-state index contributed by atoms with van der Waals surface area (Å²) < 4.78 is 11.5. The molecule has 1 N–H and O–H groups in total. The molecule has 1 unspecified atom stereocenters. The summed E-state index contributed by atoms with van der Waals surface area (Å²) in [6.07, 6.45) is 5.85. The Morgan fingerprint density at radius 3 is 2.67 bits per heavy atom. The van der Waals surface area contributed by atoms with E-state index in [2.05, 4.69) is 37.4 Å². The molecule has 3 heteroatoms. The average Bonchev–Trinajstić information content (AvgIpc) is 2.74. The summed E-state index contributed by atoms with van der Waals surface area (Å²) >= 11 is 0. The summed E-state index contributed by atoms with van der Waals surface area (Å²) in [5, 5.41) is 3.77. The van der Waals surface area contributed by atoms with Crippen molar-refractivity contribution in [2.45, 2.75) is 51.5 Å². The van der Waals surface area contributed by atoms with E-state index in [-0.39, 0.29) is 5.54 Å². The Balaban J connectivity index is 1.78. The van der Waals surface area contributed by atoms with Crippen molar-refractivity contribution >= 4 is 0 Å². The number of fused-ring (bicyclic) bond motifs is 1. The van der Waals surface area contributed by atoms with Gasteiger partial charge in [-0.15, -0.1) is 0 Å². The van der Waals surface area contributed by atoms with Gasteiger partial charge in [0.2, 0.25) is 0 Å². The monoisotopic (exact) mass is 289 g/mol. The number of rotatable bonds is 4. The van der Waals surface area contributed by atoms with Crippen LogP contribution in [-0.2, 0) is 6.42 Å². The standard InChI is InChI=1S/C18H27NO2/c1-14(2)12-18(7-3-8-19-18)13-15-5-6-16-17(11-15)21-10-4-9-20-16/h5-6,11,14,19H,3-4,7-10,12-13H2,1-2H3. The van der Waals surface area contributed by atoms with Gasteiger partial charge in [0.25, 0.3) is 0 Å². The van der Waals surface area contributed by atoms with Gasteiger partial charge in [0.15, 0.2) is 11.5 Å². The van der Waals surface area contributed by atoms with Crippen LogP contribution in [0.1, 0.15) is 45.1 Å². The topological polar surface area (TPSA) is 30.5 Å². The third-order valence-corrected chi connectivity index (χ3v) is 4.49. The van der Waals surface area contributed by atoms with Crippen LogP contribution in [-0.4, -0.2) is 25.3 Å². The Hall–Kier alpha value is -1.22. The van der Waals surface area contributed by atoms with Crippen LogP contribution in [0.25, 0.3) is 0 Å². The molecule has 3 nitrogen and oxygen atoms in total. The van der Waals surface area contributed by atoms with Crippen molar-refractivity contribution < 1.29 is 9.47 Å². The van der Waals surface area contributed by atoms with Crippen LogP contribution in [0.5, 0.6) is 11.5 Å². The molecule has 116 valence electrons. The van der Waals surface area contributed by atoms with E-state index in [1.54, 1.807) is 0 Å². The molecule has 2 aliphatic rings. The van der Waals surface area contributed by atoms with Crippen LogP contribution < -0.4 is 14.8 Å². The Bertz CT molecular complexity index is 478. The summed E-state index contributed by atoms with van der Waals surface area (Å²) in [5.41, 5.74) is 1.63. The quantitative estimate of drug-likeness (QED) is 0.919. The maximum atomic E-state index is 5.82. The molecular weight excluding hydrogens is 262 g/mol. The first-order valence-corrected chi connectivity index (χ1v) is 8.30. The van der Waals surface area contributed by atoms with E-state index in [4.69, 9.17) is 9.47 Å². The number of ether oxygens (including phenoxy) is 2. The zero-order valence-electron chi connectivity index (χ0n) is 13.3. The zero-order chi connectivity index (χ0) is 14.7. The van der Waals surface area contributed by atoms with Crippen molar-refractivity contribution in [1.29, 1.82) is 0 Å². The minimum atomic E-state index is 0.272. The fourth-order valence-electron chi connectivity index (χ4n) is 3.76. The summed E-state index contributed by atoms with van der Waals surface area (Å²) in [6, 6.07) is 6.46. The molecule has 0 bridgehead atoms. The van der Waals surface area contributed by atoms with E-state index in [0.29, 0.717) is 0 Å². The molecule has 0 aromatic heterocycles. The Labute approximate surface area is 128 Å². The van der Waals surface area contributed by atoms with Crippen LogP contribution in [0.3, 0.4) is 0 Å². The van der Waals surface area contributed by atoms with E-state index in [1.165, 1.54) is 24.8 Å². The number of nitrogens with one attached hydrogen (secondary N) is 1. The maximum Gasteiger partial charge on any atom is 0.161 e. The molecule has 0 saturated carbocycles. The van der Waals surface area contributed by atoms with Gasteiger partial charge in [-0.2, -0.15) is 0 Å². The van der Waals surface area contributed by atoms with E-state index < -0.39 is 0 Å². The molecule has 1 atom stereocenters.